The topological polar surface area (TPSA) is 130 Å². The van der Waals surface area contributed by atoms with Crippen LogP contribution in [0.1, 0.15) is 5.69 Å². The minimum atomic E-state index is 0.0367. The lowest BCUT2D eigenvalue weighted by molar-refractivity contribution is -0.121. The maximum Gasteiger partial charge on any atom is 0.230 e. The zero-order chi connectivity index (χ0) is 22.6. The summed E-state index contributed by atoms with van der Waals surface area (Å²) in [6, 6.07) is 11.1. The number of rotatable bonds is 7. The molecule has 4 aromatic rings. The second kappa shape index (κ2) is 9.27. The van der Waals surface area contributed by atoms with Gasteiger partial charge in [-0.15, -0.1) is 11.3 Å². The van der Waals surface area contributed by atoms with Gasteiger partial charge in [-0.05, 0) is 37.3 Å². The Morgan fingerprint density at radius 3 is 2.64 bits per heavy atom. The van der Waals surface area contributed by atoms with Gasteiger partial charge < -0.3 is 21.3 Å². The van der Waals surface area contributed by atoms with Crippen LogP contribution in [0.25, 0.3) is 11.5 Å². The van der Waals surface area contributed by atoms with Gasteiger partial charge in [-0.1, -0.05) is 6.07 Å². The molecule has 1 aliphatic rings. The zero-order valence-electron chi connectivity index (χ0n) is 17.7. The number of carbonyl (C=O) groups excluding carboxylic acids is 1. The van der Waals surface area contributed by atoms with Gasteiger partial charge in [0.15, 0.2) is 5.82 Å². The molecule has 1 fully saturated rings. The zero-order valence-corrected chi connectivity index (χ0v) is 18.6. The lowest BCUT2D eigenvalue weighted by atomic mass is 10.0. The monoisotopic (exact) mass is 459 g/mol. The normalized spacial score (nSPS) is 13.2. The molecule has 4 aromatic heterocycles. The van der Waals surface area contributed by atoms with E-state index < -0.39 is 0 Å². The summed E-state index contributed by atoms with van der Waals surface area (Å²) in [7, 11) is 0. The maximum absolute atomic E-state index is 12.1. The lowest BCUT2D eigenvalue weighted by Crippen LogP contribution is -2.48. The number of amides is 1. The summed E-state index contributed by atoms with van der Waals surface area (Å²) in [6.45, 7) is 3.38. The maximum atomic E-state index is 12.1. The van der Waals surface area contributed by atoms with Crippen LogP contribution in [0.4, 0.5) is 28.3 Å². The van der Waals surface area contributed by atoms with Crippen molar-refractivity contribution in [3.8, 4) is 11.5 Å². The molecular formula is C22H21N9OS. The number of aryl methyl sites for hydroxylation is 1. The number of aromatic nitrogens is 5. The predicted molar refractivity (Wildman–Crippen MR) is 128 cm³/mol. The fourth-order valence-electron chi connectivity index (χ4n) is 3.13. The van der Waals surface area contributed by atoms with Gasteiger partial charge in [0, 0.05) is 36.6 Å². The van der Waals surface area contributed by atoms with Crippen molar-refractivity contribution in [1.82, 2.24) is 30.2 Å². The highest BCUT2D eigenvalue weighted by Gasteiger charge is 2.25. The molecule has 1 aliphatic heterocycles. The molecule has 0 spiro atoms. The standard InChI is InChI=1S/C22H21N9OS/c1-13-3-2-4-16(26-13)20-24-7-5-17(29-20)28-18-6-8-25-22(30-18)27-15-9-19(33-12-15)31-21(32)14-10-23-11-14/h2-9,12,14,23H,10-11H2,1H3,(H,31,32)(H2,24,25,27,28,29,30). The largest absolute Gasteiger partial charge is 0.325 e. The van der Waals surface area contributed by atoms with Gasteiger partial charge in [0.25, 0.3) is 0 Å². The fraction of sp³-hybridized carbons (Fsp3) is 0.182. The number of anilines is 5. The Kier molecular flexibility index (Phi) is 5.87. The van der Waals surface area contributed by atoms with E-state index in [-0.39, 0.29) is 11.8 Å². The third-order valence-electron chi connectivity index (χ3n) is 4.94. The number of pyridine rings is 1. The number of thiophene rings is 1. The SMILES string of the molecule is Cc1cccc(-c2nccc(Nc3ccnc(Nc4csc(NC(=O)C5CNC5)c4)n3)n2)n1. The van der Waals surface area contributed by atoms with Crippen LogP contribution in [-0.2, 0) is 4.79 Å². The molecule has 166 valence electrons. The molecule has 0 atom stereocenters. The molecule has 5 heterocycles. The van der Waals surface area contributed by atoms with Crippen molar-refractivity contribution in [2.24, 2.45) is 5.92 Å². The van der Waals surface area contributed by atoms with Crippen LogP contribution in [0.15, 0.2) is 54.2 Å². The second-order valence-electron chi connectivity index (χ2n) is 7.49. The van der Waals surface area contributed by atoms with Gasteiger partial charge in [-0.25, -0.2) is 19.9 Å². The second-order valence-corrected chi connectivity index (χ2v) is 8.40. The Balaban J connectivity index is 1.25. The molecule has 0 aliphatic carbocycles. The summed E-state index contributed by atoms with van der Waals surface area (Å²) >= 11 is 1.45. The Hall–Kier alpha value is -3.96. The quantitative estimate of drug-likeness (QED) is 0.329. The van der Waals surface area contributed by atoms with E-state index in [0.717, 1.165) is 29.5 Å². The fourth-order valence-corrected chi connectivity index (χ4v) is 3.87. The number of nitrogens with one attached hydrogen (secondary N) is 4. The Morgan fingerprint density at radius 2 is 1.85 bits per heavy atom. The molecule has 0 bridgehead atoms. The van der Waals surface area contributed by atoms with Crippen LogP contribution >= 0.6 is 11.3 Å². The molecule has 4 N–H and O–H groups in total. The first-order valence-corrected chi connectivity index (χ1v) is 11.2. The van der Waals surface area contributed by atoms with E-state index in [9.17, 15) is 4.79 Å². The molecule has 0 saturated carbocycles. The van der Waals surface area contributed by atoms with Crippen molar-refractivity contribution in [3.63, 3.8) is 0 Å². The van der Waals surface area contributed by atoms with Gasteiger partial charge in [0.05, 0.1) is 16.6 Å². The summed E-state index contributed by atoms with van der Waals surface area (Å²) in [5, 5.41) is 15.1. The first kappa shape index (κ1) is 20.9. The number of nitrogens with zero attached hydrogens (tertiary/aromatic N) is 5. The average Bonchev–Trinajstić information content (AvgIpc) is 3.19. The van der Waals surface area contributed by atoms with Crippen molar-refractivity contribution in [2.75, 3.05) is 29.0 Å². The van der Waals surface area contributed by atoms with Crippen molar-refractivity contribution in [3.05, 3.63) is 59.9 Å². The van der Waals surface area contributed by atoms with Crippen LogP contribution in [-0.4, -0.2) is 43.9 Å². The molecule has 5 rings (SSSR count). The van der Waals surface area contributed by atoms with E-state index in [1.54, 1.807) is 24.5 Å². The predicted octanol–water partition coefficient (Wildman–Crippen LogP) is 3.34. The van der Waals surface area contributed by atoms with Gasteiger partial charge >= 0.3 is 0 Å². The lowest BCUT2D eigenvalue weighted by Gasteiger charge is -2.25. The van der Waals surface area contributed by atoms with Crippen LogP contribution < -0.4 is 21.3 Å². The molecule has 0 aromatic carbocycles. The van der Waals surface area contributed by atoms with E-state index >= 15 is 0 Å². The molecule has 10 nitrogen and oxygen atoms in total. The highest BCUT2D eigenvalue weighted by Crippen LogP contribution is 2.27. The van der Waals surface area contributed by atoms with Crippen LogP contribution in [0.2, 0.25) is 0 Å². The van der Waals surface area contributed by atoms with Gasteiger partial charge in [0.1, 0.15) is 17.3 Å². The van der Waals surface area contributed by atoms with E-state index in [0.29, 0.717) is 29.1 Å². The van der Waals surface area contributed by atoms with Crippen LogP contribution in [0.3, 0.4) is 0 Å². The van der Waals surface area contributed by atoms with Crippen LogP contribution in [0, 0.1) is 12.8 Å². The summed E-state index contributed by atoms with van der Waals surface area (Å²) in [6.07, 6.45) is 3.33. The van der Waals surface area contributed by atoms with E-state index in [2.05, 4.69) is 46.2 Å². The molecule has 0 unspecified atom stereocenters. The summed E-state index contributed by atoms with van der Waals surface area (Å²) in [5.41, 5.74) is 2.41. The van der Waals surface area contributed by atoms with E-state index in [1.807, 2.05) is 36.6 Å². The third-order valence-corrected chi connectivity index (χ3v) is 5.78. The molecule has 11 heteroatoms. The average molecular weight is 460 g/mol. The van der Waals surface area contributed by atoms with Crippen molar-refractivity contribution < 1.29 is 4.79 Å². The van der Waals surface area contributed by atoms with Crippen molar-refractivity contribution >= 4 is 45.5 Å². The minimum Gasteiger partial charge on any atom is -0.325 e. The third kappa shape index (κ3) is 5.10. The Morgan fingerprint density at radius 1 is 1.03 bits per heavy atom. The molecule has 0 radical (unpaired) electrons. The Bertz CT molecular complexity index is 1290. The first-order valence-electron chi connectivity index (χ1n) is 10.4. The summed E-state index contributed by atoms with van der Waals surface area (Å²) in [5.74, 6) is 2.21. The van der Waals surface area contributed by atoms with Gasteiger partial charge in [0.2, 0.25) is 11.9 Å². The number of hydrogen-bond donors (Lipinski definition) is 4. The molecule has 1 amide bonds. The number of hydrogen-bond acceptors (Lipinski definition) is 10. The van der Waals surface area contributed by atoms with E-state index in [4.69, 9.17) is 0 Å². The van der Waals surface area contributed by atoms with Gasteiger partial charge in [-0.2, -0.15) is 4.98 Å². The molecule has 33 heavy (non-hydrogen) atoms. The number of carbonyl (C=O) groups is 1. The molecular weight excluding hydrogens is 438 g/mol. The van der Waals surface area contributed by atoms with Crippen LogP contribution in [0.5, 0.6) is 0 Å². The summed E-state index contributed by atoms with van der Waals surface area (Å²) in [4.78, 5) is 34.2. The Labute approximate surface area is 194 Å². The van der Waals surface area contributed by atoms with Crippen molar-refractivity contribution in [1.29, 1.82) is 0 Å². The summed E-state index contributed by atoms with van der Waals surface area (Å²) < 4.78 is 0. The highest BCUT2D eigenvalue weighted by atomic mass is 32.1. The van der Waals surface area contributed by atoms with E-state index in [1.165, 1.54) is 11.3 Å². The first-order chi connectivity index (χ1) is 16.1. The van der Waals surface area contributed by atoms with Gasteiger partial charge in [-0.3, -0.25) is 4.79 Å². The van der Waals surface area contributed by atoms with Crippen molar-refractivity contribution in [2.45, 2.75) is 6.92 Å². The highest BCUT2D eigenvalue weighted by molar-refractivity contribution is 7.14. The minimum absolute atomic E-state index is 0.0367. The smallest absolute Gasteiger partial charge is 0.230 e. The molecule has 1 saturated heterocycles.